The van der Waals surface area contributed by atoms with Gasteiger partial charge in [-0.15, -0.1) is 0 Å². The first-order chi connectivity index (χ1) is 11.8. The van der Waals surface area contributed by atoms with Crippen molar-refractivity contribution in [2.24, 2.45) is 5.92 Å². The van der Waals surface area contributed by atoms with Crippen LogP contribution in [-0.2, 0) is 9.84 Å². The molecule has 2 aromatic rings. The number of nitrogens with one attached hydrogen (secondary N) is 1. The molecule has 1 fully saturated rings. The topological polar surface area (TPSA) is 89.3 Å². The molecule has 6 nitrogen and oxygen atoms in total. The molecule has 8 heteroatoms. The van der Waals surface area contributed by atoms with Gasteiger partial charge in [0.25, 0.3) is 0 Å². The molecule has 1 aliphatic rings. The minimum absolute atomic E-state index is 0.134. The molecule has 3 rings (SSSR count). The molecule has 1 saturated carbocycles. The number of nitro groups is 1. The third kappa shape index (κ3) is 3.93. The number of anilines is 1. The van der Waals surface area contributed by atoms with Gasteiger partial charge in [-0.2, -0.15) is 0 Å². The molecule has 1 unspecified atom stereocenters. The summed E-state index contributed by atoms with van der Waals surface area (Å²) in [6.45, 7) is 0. The lowest BCUT2D eigenvalue weighted by molar-refractivity contribution is -0.386. The quantitative estimate of drug-likeness (QED) is 0.598. The van der Waals surface area contributed by atoms with Gasteiger partial charge in [0, 0.05) is 11.3 Å². The van der Waals surface area contributed by atoms with Crippen molar-refractivity contribution in [2.75, 3.05) is 11.6 Å². The van der Waals surface area contributed by atoms with E-state index in [1.807, 2.05) is 12.1 Å². The van der Waals surface area contributed by atoms with Gasteiger partial charge >= 0.3 is 5.69 Å². The highest BCUT2D eigenvalue weighted by Gasteiger charge is 2.35. The maximum atomic E-state index is 11.9. The van der Waals surface area contributed by atoms with E-state index in [4.69, 9.17) is 11.6 Å². The van der Waals surface area contributed by atoms with E-state index in [2.05, 4.69) is 5.32 Å². The summed E-state index contributed by atoms with van der Waals surface area (Å²) >= 11 is 5.93. The SMILES string of the molecule is CS(=O)(=O)c1cccc(NC(c2ccc(Cl)cc2)C2CC2)c1[N+](=O)[O-]. The van der Waals surface area contributed by atoms with Gasteiger partial charge in [0.05, 0.1) is 11.0 Å². The lowest BCUT2D eigenvalue weighted by Crippen LogP contribution is -2.15. The Kier molecular flexibility index (Phi) is 4.71. The molecular weight excluding hydrogens is 364 g/mol. The second-order valence-corrected chi connectivity index (χ2v) is 8.61. The molecule has 0 amide bonds. The summed E-state index contributed by atoms with van der Waals surface area (Å²) in [5, 5.41) is 15.3. The summed E-state index contributed by atoms with van der Waals surface area (Å²) in [5.74, 6) is 0.350. The Morgan fingerprint density at radius 3 is 2.36 bits per heavy atom. The van der Waals surface area contributed by atoms with Crippen molar-refractivity contribution >= 4 is 32.8 Å². The Hall–Kier alpha value is -2.12. The van der Waals surface area contributed by atoms with Gasteiger partial charge in [0.15, 0.2) is 9.84 Å². The Morgan fingerprint density at radius 2 is 1.84 bits per heavy atom. The average molecular weight is 381 g/mol. The second kappa shape index (κ2) is 6.65. The Bertz CT molecular complexity index is 909. The van der Waals surface area contributed by atoms with Crippen molar-refractivity contribution in [3.05, 3.63) is 63.2 Å². The van der Waals surface area contributed by atoms with Gasteiger partial charge in [-0.1, -0.05) is 29.8 Å². The van der Waals surface area contributed by atoms with E-state index in [1.54, 1.807) is 12.1 Å². The van der Waals surface area contributed by atoms with Crippen LogP contribution < -0.4 is 5.32 Å². The predicted octanol–water partition coefficient (Wildman–Crippen LogP) is 4.21. The summed E-state index contributed by atoms with van der Waals surface area (Å²) in [4.78, 5) is 10.6. The van der Waals surface area contributed by atoms with Crippen LogP contribution in [0.4, 0.5) is 11.4 Å². The molecule has 1 aliphatic carbocycles. The van der Waals surface area contributed by atoms with Gasteiger partial charge < -0.3 is 5.32 Å². The maximum Gasteiger partial charge on any atom is 0.310 e. The van der Waals surface area contributed by atoms with E-state index >= 15 is 0 Å². The lowest BCUT2D eigenvalue weighted by atomic mass is 10.0. The Balaban J connectivity index is 2.03. The summed E-state index contributed by atoms with van der Waals surface area (Å²) in [6.07, 6.45) is 3.00. The normalized spacial score (nSPS) is 15.6. The van der Waals surface area contributed by atoms with Crippen LogP contribution in [-0.4, -0.2) is 19.6 Å². The van der Waals surface area contributed by atoms with Crippen molar-refractivity contribution < 1.29 is 13.3 Å². The highest BCUT2D eigenvalue weighted by Crippen LogP contribution is 2.44. The molecule has 0 bridgehead atoms. The third-order valence-electron chi connectivity index (χ3n) is 4.21. The first-order valence-electron chi connectivity index (χ1n) is 7.77. The molecule has 2 aromatic carbocycles. The van der Waals surface area contributed by atoms with Gasteiger partial charge in [0.1, 0.15) is 10.6 Å². The molecule has 0 radical (unpaired) electrons. The monoisotopic (exact) mass is 380 g/mol. The zero-order valence-electron chi connectivity index (χ0n) is 13.5. The van der Waals surface area contributed by atoms with Crippen LogP contribution in [0.15, 0.2) is 47.4 Å². The van der Waals surface area contributed by atoms with Crippen LogP contribution in [0.3, 0.4) is 0 Å². The Labute approximate surface area is 150 Å². The standard InChI is InChI=1S/C17H17ClN2O4S/c1-25(23,24)15-4-2-3-14(17(15)20(21)22)19-16(11-5-6-11)12-7-9-13(18)10-8-12/h2-4,7-11,16,19H,5-6H2,1H3. The number of nitrogens with zero attached hydrogens (tertiary/aromatic N) is 1. The summed E-state index contributed by atoms with van der Waals surface area (Å²) < 4.78 is 23.8. The van der Waals surface area contributed by atoms with Crippen molar-refractivity contribution in [3.8, 4) is 0 Å². The molecule has 132 valence electrons. The third-order valence-corrected chi connectivity index (χ3v) is 5.59. The van der Waals surface area contributed by atoms with Crippen LogP contribution in [0.2, 0.25) is 5.02 Å². The number of sulfone groups is 1. The Morgan fingerprint density at radius 1 is 1.20 bits per heavy atom. The highest BCUT2D eigenvalue weighted by atomic mass is 35.5. The van der Waals surface area contributed by atoms with Gasteiger partial charge in [-0.25, -0.2) is 8.42 Å². The van der Waals surface area contributed by atoms with E-state index < -0.39 is 20.4 Å². The molecule has 0 spiro atoms. The number of hydrogen-bond acceptors (Lipinski definition) is 5. The van der Waals surface area contributed by atoms with Gasteiger partial charge in [0.2, 0.25) is 0 Å². The first kappa shape index (κ1) is 17.7. The zero-order chi connectivity index (χ0) is 18.2. The minimum atomic E-state index is -3.71. The maximum absolute atomic E-state index is 11.9. The fourth-order valence-corrected chi connectivity index (χ4v) is 3.85. The van der Waals surface area contributed by atoms with Crippen molar-refractivity contribution in [1.82, 2.24) is 0 Å². The van der Waals surface area contributed by atoms with E-state index in [9.17, 15) is 18.5 Å². The molecular formula is C17H17ClN2O4S. The number of halogens is 1. The van der Waals surface area contributed by atoms with Crippen LogP contribution in [0, 0.1) is 16.0 Å². The van der Waals surface area contributed by atoms with E-state index in [1.165, 1.54) is 18.2 Å². The zero-order valence-corrected chi connectivity index (χ0v) is 15.0. The number of rotatable bonds is 6. The number of benzene rings is 2. The van der Waals surface area contributed by atoms with Gasteiger partial charge in [-0.3, -0.25) is 10.1 Å². The number of para-hydroxylation sites is 1. The average Bonchev–Trinajstić information content (AvgIpc) is 3.37. The summed E-state index contributed by atoms with van der Waals surface area (Å²) in [7, 11) is -3.71. The summed E-state index contributed by atoms with van der Waals surface area (Å²) in [5.41, 5.74) is 0.760. The van der Waals surface area contributed by atoms with Crippen LogP contribution in [0.25, 0.3) is 0 Å². The molecule has 0 aliphatic heterocycles. The largest absolute Gasteiger partial charge is 0.372 e. The minimum Gasteiger partial charge on any atom is -0.372 e. The molecule has 1 atom stereocenters. The molecule has 1 N–H and O–H groups in total. The summed E-state index contributed by atoms with van der Waals surface area (Å²) in [6, 6.07) is 11.5. The fraction of sp³-hybridized carbons (Fsp3) is 0.294. The molecule has 0 heterocycles. The lowest BCUT2D eigenvalue weighted by Gasteiger charge is -2.20. The number of nitro benzene ring substituents is 1. The van der Waals surface area contributed by atoms with E-state index in [0.717, 1.165) is 24.7 Å². The van der Waals surface area contributed by atoms with E-state index in [-0.39, 0.29) is 16.6 Å². The second-order valence-electron chi connectivity index (χ2n) is 6.19. The number of hydrogen-bond donors (Lipinski definition) is 1. The van der Waals surface area contributed by atoms with Crippen LogP contribution in [0.5, 0.6) is 0 Å². The van der Waals surface area contributed by atoms with Crippen molar-refractivity contribution in [2.45, 2.75) is 23.8 Å². The predicted molar refractivity (Wildman–Crippen MR) is 96.7 cm³/mol. The van der Waals surface area contributed by atoms with Gasteiger partial charge in [-0.05, 0) is 48.6 Å². The molecule has 0 aromatic heterocycles. The first-order valence-corrected chi connectivity index (χ1v) is 10.0. The van der Waals surface area contributed by atoms with E-state index in [0.29, 0.717) is 10.9 Å². The van der Waals surface area contributed by atoms with Crippen LogP contribution >= 0.6 is 11.6 Å². The van der Waals surface area contributed by atoms with Crippen molar-refractivity contribution in [3.63, 3.8) is 0 Å². The van der Waals surface area contributed by atoms with Crippen molar-refractivity contribution in [1.29, 1.82) is 0 Å². The highest BCUT2D eigenvalue weighted by molar-refractivity contribution is 7.90. The molecule has 0 saturated heterocycles. The fourth-order valence-electron chi connectivity index (χ4n) is 2.87. The smallest absolute Gasteiger partial charge is 0.310 e. The molecule has 25 heavy (non-hydrogen) atoms. The van der Waals surface area contributed by atoms with Crippen LogP contribution in [0.1, 0.15) is 24.4 Å².